The summed E-state index contributed by atoms with van der Waals surface area (Å²) in [7, 11) is 0. The van der Waals surface area contributed by atoms with E-state index in [0.717, 1.165) is 17.9 Å². The van der Waals surface area contributed by atoms with Crippen LogP contribution in [-0.2, 0) is 13.2 Å². The van der Waals surface area contributed by atoms with Gasteiger partial charge in [0.15, 0.2) is 0 Å². The number of nitrogens with zero attached hydrogens (tertiary/aromatic N) is 2. The van der Waals surface area contributed by atoms with E-state index in [4.69, 9.17) is 4.74 Å². The van der Waals surface area contributed by atoms with E-state index in [-0.39, 0.29) is 5.91 Å². The van der Waals surface area contributed by atoms with Crippen LogP contribution < -0.4 is 10.1 Å². The van der Waals surface area contributed by atoms with Gasteiger partial charge in [-0.15, -0.1) is 0 Å². The monoisotopic (exact) mass is 349 g/mol. The summed E-state index contributed by atoms with van der Waals surface area (Å²) in [6.45, 7) is 5.48. The molecule has 0 saturated heterocycles. The number of anilines is 1. The Morgan fingerprint density at radius 1 is 1.08 bits per heavy atom. The van der Waals surface area contributed by atoms with Gasteiger partial charge in [-0.1, -0.05) is 44.2 Å². The lowest BCUT2D eigenvalue weighted by molar-refractivity contribution is 0.102. The lowest BCUT2D eigenvalue weighted by atomic mass is 10.2. The van der Waals surface area contributed by atoms with E-state index in [9.17, 15) is 4.79 Å². The average molecular weight is 349 g/mol. The van der Waals surface area contributed by atoms with Crippen molar-refractivity contribution in [3.8, 4) is 5.75 Å². The Hall–Kier alpha value is -3.08. The van der Waals surface area contributed by atoms with E-state index in [0.29, 0.717) is 23.9 Å². The normalized spacial score (nSPS) is 10.7. The Balaban J connectivity index is 1.59. The van der Waals surface area contributed by atoms with Crippen molar-refractivity contribution < 1.29 is 9.53 Å². The molecule has 134 valence electrons. The van der Waals surface area contributed by atoms with Crippen LogP contribution in [0.3, 0.4) is 0 Å². The molecule has 5 nitrogen and oxygen atoms in total. The zero-order chi connectivity index (χ0) is 18.4. The molecule has 0 bridgehead atoms. The third-order valence-corrected chi connectivity index (χ3v) is 3.86. The molecular weight excluding hydrogens is 326 g/mol. The van der Waals surface area contributed by atoms with Gasteiger partial charge in [0.05, 0.1) is 6.20 Å². The Labute approximate surface area is 153 Å². The van der Waals surface area contributed by atoms with Gasteiger partial charge in [0.25, 0.3) is 5.91 Å². The first kappa shape index (κ1) is 17.7. The standard InChI is InChI=1S/C21H23N3O2/c1-16(2)14-24-20(12-13-22-24)23-21(25)18-8-10-19(11-9-18)26-15-17-6-4-3-5-7-17/h3-13,16H,14-15H2,1-2H3,(H,23,25). The molecule has 5 heteroatoms. The molecule has 1 N–H and O–H groups in total. The lowest BCUT2D eigenvalue weighted by Gasteiger charge is -2.11. The lowest BCUT2D eigenvalue weighted by Crippen LogP contribution is -2.17. The number of rotatable bonds is 7. The van der Waals surface area contributed by atoms with Gasteiger partial charge >= 0.3 is 0 Å². The van der Waals surface area contributed by atoms with E-state index in [1.54, 1.807) is 29.1 Å². The molecule has 0 fully saturated rings. The smallest absolute Gasteiger partial charge is 0.256 e. The zero-order valence-corrected chi connectivity index (χ0v) is 15.1. The molecule has 1 heterocycles. The van der Waals surface area contributed by atoms with Crippen molar-refractivity contribution in [1.29, 1.82) is 0 Å². The summed E-state index contributed by atoms with van der Waals surface area (Å²) in [6, 6.07) is 18.9. The SMILES string of the molecule is CC(C)Cn1nccc1NC(=O)c1ccc(OCc2ccccc2)cc1. The van der Waals surface area contributed by atoms with Crippen molar-refractivity contribution in [2.45, 2.75) is 27.0 Å². The number of benzene rings is 2. The second-order valence-electron chi connectivity index (χ2n) is 6.55. The van der Waals surface area contributed by atoms with E-state index < -0.39 is 0 Å². The van der Waals surface area contributed by atoms with Gasteiger partial charge in [0.1, 0.15) is 18.2 Å². The molecule has 0 spiro atoms. The maximum atomic E-state index is 12.4. The molecular formula is C21H23N3O2. The number of nitrogens with one attached hydrogen (secondary N) is 1. The predicted molar refractivity (Wildman–Crippen MR) is 102 cm³/mol. The van der Waals surface area contributed by atoms with E-state index >= 15 is 0 Å². The summed E-state index contributed by atoms with van der Waals surface area (Å²) in [5, 5.41) is 7.16. The topological polar surface area (TPSA) is 56.2 Å². The Morgan fingerprint density at radius 2 is 1.81 bits per heavy atom. The molecule has 1 aromatic heterocycles. The molecule has 0 unspecified atom stereocenters. The van der Waals surface area contributed by atoms with Crippen LogP contribution in [0.15, 0.2) is 66.9 Å². The summed E-state index contributed by atoms with van der Waals surface area (Å²) >= 11 is 0. The zero-order valence-electron chi connectivity index (χ0n) is 15.1. The van der Waals surface area contributed by atoms with Gasteiger partial charge in [-0.3, -0.25) is 4.79 Å². The molecule has 0 aliphatic carbocycles. The molecule has 0 atom stereocenters. The van der Waals surface area contributed by atoms with Gasteiger partial charge in [0, 0.05) is 18.2 Å². The van der Waals surface area contributed by atoms with Crippen molar-refractivity contribution in [3.05, 3.63) is 78.0 Å². The molecule has 26 heavy (non-hydrogen) atoms. The maximum absolute atomic E-state index is 12.4. The number of hydrogen-bond acceptors (Lipinski definition) is 3. The minimum absolute atomic E-state index is 0.162. The summed E-state index contributed by atoms with van der Waals surface area (Å²) < 4.78 is 7.56. The molecule has 1 amide bonds. The number of hydrogen-bond donors (Lipinski definition) is 1. The van der Waals surface area contributed by atoms with Crippen LogP contribution in [0.25, 0.3) is 0 Å². The molecule has 3 aromatic rings. The predicted octanol–water partition coefficient (Wildman–Crippen LogP) is 4.37. The van der Waals surface area contributed by atoms with Gasteiger partial charge in [-0.05, 0) is 35.7 Å². The highest BCUT2D eigenvalue weighted by molar-refractivity contribution is 6.03. The number of aromatic nitrogens is 2. The van der Waals surface area contributed by atoms with Gasteiger partial charge in [-0.2, -0.15) is 5.10 Å². The first-order valence-corrected chi connectivity index (χ1v) is 8.72. The molecule has 0 aliphatic heterocycles. The number of carbonyl (C=O) groups excluding carboxylic acids is 1. The molecule has 0 radical (unpaired) electrons. The second-order valence-corrected chi connectivity index (χ2v) is 6.55. The first-order valence-electron chi connectivity index (χ1n) is 8.72. The molecule has 0 aliphatic rings. The van der Waals surface area contributed by atoms with Crippen molar-refractivity contribution >= 4 is 11.7 Å². The third-order valence-electron chi connectivity index (χ3n) is 3.86. The molecule has 3 rings (SSSR count). The molecule has 2 aromatic carbocycles. The Morgan fingerprint density at radius 3 is 2.50 bits per heavy atom. The number of ether oxygens (including phenoxy) is 1. The average Bonchev–Trinajstić information content (AvgIpc) is 3.07. The fourth-order valence-corrected chi connectivity index (χ4v) is 2.56. The van der Waals surface area contributed by atoms with Crippen LogP contribution in [-0.4, -0.2) is 15.7 Å². The van der Waals surface area contributed by atoms with Crippen LogP contribution in [0.2, 0.25) is 0 Å². The minimum Gasteiger partial charge on any atom is -0.489 e. The minimum atomic E-state index is -0.162. The fourth-order valence-electron chi connectivity index (χ4n) is 2.56. The van der Waals surface area contributed by atoms with E-state index in [2.05, 4.69) is 24.3 Å². The second kappa shape index (κ2) is 8.34. The van der Waals surface area contributed by atoms with Crippen LogP contribution >= 0.6 is 0 Å². The number of amides is 1. The van der Waals surface area contributed by atoms with Crippen molar-refractivity contribution in [3.63, 3.8) is 0 Å². The Kier molecular flexibility index (Phi) is 5.69. The van der Waals surface area contributed by atoms with E-state index in [1.165, 1.54) is 0 Å². The highest BCUT2D eigenvalue weighted by Crippen LogP contribution is 2.16. The Bertz CT molecular complexity index is 839. The quantitative estimate of drug-likeness (QED) is 0.689. The van der Waals surface area contributed by atoms with Crippen LogP contribution in [0, 0.1) is 5.92 Å². The van der Waals surface area contributed by atoms with Crippen molar-refractivity contribution in [2.24, 2.45) is 5.92 Å². The highest BCUT2D eigenvalue weighted by Gasteiger charge is 2.10. The molecule has 0 saturated carbocycles. The largest absolute Gasteiger partial charge is 0.489 e. The summed E-state index contributed by atoms with van der Waals surface area (Å²) in [5.74, 6) is 1.72. The van der Waals surface area contributed by atoms with E-state index in [1.807, 2.05) is 42.5 Å². The highest BCUT2D eigenvalue weighted by atomic mass is 16.5. The van der Waals surface area contributed by atoms with Crippen LogP contribution in [0.1, 0.15) is 29.8 Å². The summed E-state index contributed by atoms with van der Waals surface area (Å²) in [4.78, 5) is 12.4. The fraction of sp³-hybridized carbons (Fsp3) is 0.238. The van der Waals surface area contributed by atoms with Crippen molar-refractivity contribution in [2.75, 3.05) is 5.32 Å². The van der Waals surface area contributed by atoms with Gasteiger partial charge in [0.2, 0.25) is 0 Å². The summed E-state index contributed by atoms with van der Waals surface area (Å²) in [5.41, 5.74) is 1.68. The maximum Gasteiger partial charge on any atom is 0.256 e. The van der Waals surface area contributed by atoms with Gasteiger partial charge < -0.3 is 10.1 Å². The third kappa shape index (κ3) is 4.72. The number of carbonyl (C=O) groups is 1. The van der Waals surface area contributed by atoms with Crippen LogP contribution in [0.4, 0.5) is 5.82 Å². The first-order chi connectivity index (χ1) is 12.6. The van der Waals surface area contributed by atoms with Crippen molar-refractivity contribution in [1.82, 2.24) is 9.78 Å². The summed E-state index contributed by atoms with van der Waals surface area (Å²) in [6.07, 6.45) is 1.69. The van der Waals surface area contributed by atoms with Gasteiger partial charge in [-0.25, -0.2) is 4.68 Å². The van der Waals surface area contributed by atoms with Crippen LogP contribution in [0.5, 0.6) is 5.75 Å².